The molecule has 1 aromatic carbocycles. The van der Waals surface area contributed by atoms with Crippen molar-refractivity contribution in [3.8, 4) is 5.75 Å². The number of thiophene rings is 1. The number of aromatic nitrogens is 2. The van der Waals surface area contributed by atoms with E-state index in [9.17, 15) is 4.79 Å². The smallest absolute Gasteiger partial charge is 0.270 e. The Kier molecular flexibility index (Phi) is 5.13. The number of pyridine rings is 1. The molecule has 5 nitrogen and oxygen atoms in total. The molecule has 3 aromatic heterocycles. The van der Waals surface area contributed by atoms with Crippen LogP contribution in [0.1, 0.15) is 22.3 Å². The zero-order valence-corrected chi connectivity index (χ0v) is 16.3. The molecule has 4 aromatic rings. The first-order valence-corrected chi connectivity index (χ1v) is 10.2. The molecule has 0 radical (unpaired) electrons. The summed E-state index contributed by atoms with van der Waals surface area (Å²) in [6.07, 6.45) is 1.73. The lowest BCUT2D eigenvalue weighted by Crippen LogP contribution is -2.30. The molecule has 0 saturated heterocycles. The maximum Gasteiger partial charge on any atom is 0.270 e. The van der Waals surface area contributed by atoms with Crippen LogP contribution in [0, 0.1) is 0 Å². The third kappa shape index (κ3) is 3.84. The molecule has 0 aliphatic carbocycles. The molecule has 0 unspecified atom stereocenters. The highest BCUT2D eigenvalue weighted by molar-refractivity contribution is 7.22. The SMILES string of the molecule is CCOc1ccc2nc(N(Cc3ccccn3)C(=O)c3cccs3)sc2c1. The van der Waals surface area contributed by atoms with Crippen LogP contribution in [0.2, 0.25) is 0 Å². The van der Waals surface area contributed by atoms with Crippen LogP contribution in [0.15, 0.2) is 60.1 Å². The number of fused-ring (bicyclic) bond motifs is 1. The number of rotatable bonds is 6. The molecule has 136 valence electrons. The standard InChI is InChI=1S/C20H17N3O2S2/c1-2-25-15-8-9-16-18(12-15)27-20(22-16)23(13-14-6-3-4-10-21-14)19(24)17-7-5-11-26-17/h3-12H,2,13H2,1H3. The van der Waals surface area contributed by atoms with Gasteiger partial charge in [0.2, 0.25) is 0 Å². The molecular formula is C20H17N3O2S2. The van der Waals surface area contributed by atoms with Crippen molar-refractivity contribution >= 4 is 43.9 Å². The molecule has 0 aliphatic heterocycles. The van der Waals surface area contributed by atoms with Crippen molar-refractivity contribution < 1.29 is 9.53 Å². The van der Waals surface area contributed by atoms with Crippen LogP contribution in [-0.4, -0.2) is 22.5 Å². The van der Waals surface area contributed by atoms with Crippen LogP contribution < -0.4 is 9.64 Å². The first-order valence-electron chi connectivity index (χ1n) is 8.53. The maximum atomic E-state index is 13.1. The van der Waals surface area contributed by atoms with Gasteiger partial charge >= 0.3 is 0 Å². The van der Waals surface area contributed by atoms with Crippen molar-refractivity contribution in [3.05, 3.63) is 70.7 Å². The van der Waals surface area contributed by atoms with Gasteiger partial charge in [-0.05, 0) is 48.7 Å². The Morgan fingerprint density at radius 2 is 2.11 bits per heavy atom. The number of carbonyl (C=O) groups is 1. The minimum Gasteiger partial charge on any atom is -0.494 e. The van der Waals surface area contributed by atoms with Gasteiger partial charge in [-0.15, -0.1) is 11.3 Å². The normalized spacial score (nSPS) is 10.9. The number of amides is 1. The number of nitrogens with zero attached hydrogens (tertiary/aromatic N) is 3. The predicted molar refractivity (Wildman–Crippen MR) is 110 cm³/mol. The van der Waals surface area contributed by atoms with Crippen LogP contribution in [0.25, 0.3) is 10.2 Å². The summed E-state index contributed by atoms with van der Waals surface area (Å²) in [4.78, 5) is 24.5. The number of thiazole rings is 1. The van der Waals surface area contributed by atoms with Gasteiger partial charge in [-0.1, -0.05) is 23.5 Å². The summed E-state index contributed by atoms with van der Waals surface area (Å²) in [5.74, 6) is 0.737. The summed E-state index contributed by atoms with van der Waals surface area (Å²) in [6, 6.07) is 15.2. The van der Waals surface area contributed by atoms with Crippen molar-refractivity contribution in [1.82, 2.24) is 9.97 Å². The van der Waals surface area contributed by atoms with Crippen molar-refractivity contribution in [2.45, 2.75) is 13.5 Å². The number of anilines is 1. The highest BCUT2D eigenvalue weighted by atomic mass is 32.1. The molecule has 0 N–H and O–H groups in total. The Labute approximate surface area is 164 Å². The van der Waals surface area contributed by atoms with E-state index in [4.69, 9.17) is 4.74 Å². The number of ether oxygens (including phenoxy) is 1. The summed E-state index contributed by atoms with van der Waals surface area (Å²) < 4.78 is 6.56. The summed E-state index contributed by atoms with van der Waals surface area (Å²) >= 11 is 2.91. The average Bonchev–Trinajstić information content (AvgIpc) is 3.36. The molecule has 7 heteroatoms. The molecular weight excluding hydrogens is 378 g/mol. The zero-order chi connectivity index (χ0) is 18.6. The molecule has 27 heavy (non-hydrogen) atoms. The second-order valence-electron chi connectivity index (χ2n) is 5.75. The van der Waals surface area contributed by atoms with Gasteiger partial charge in [0.15, 0.2) is 5.13 Å². The van der Waals surface area contributed by atoms with Gasteiger partial charge < -0.3 is 4.74 Å². The van der Waals surface area contributed by atoms with Crippen LogP contribution in [0.3, 0.4) is 0 Å². The maximum absolute atomic E-state index is 13.1. The third-order valence-electron chi connectivity index (χ3n) is 3.91. The van der Waals surface area contributed by atoms with Crippen LogP contribution in [-0.2, 0) is 6.54 Å². The topological polar surface area (TPSA) is 55.3 Å². The minimum absolute atomic E-state index is 0.0697. The quantitative estimate of drug-likeness (QED) is 0.461. The van der Waals surface area contributed by atoms with Gasteiger partial charge in [-0.25, -0.2) is 4.98 Å². The monoisotopic (exact) mass is 395 g/mol. The molecule has 3 heterocycles. The zero-order valence-electron chi connectivity index (χ0n) is 14.7. The van der Waals surface area contributed by atoms with Crippen molar-refractivity contribution in [2.24, 2.45) is 0 Å². The molecule has 0 spiro atoms. The molecule has 4 rings (SSSR count). The van der Waals surface area contributed by atoms with E-state index in [-0.39, 0.29) is 5.91 Å². The van der Waals surface area contributed by atoms with E-state index in [2.05, 4.69) is 9.97 Å². The fourth-order valence-corrected chi connectivity index (χ4v) is 4.34. The van der Waals surface area contributed by atoms with E-state index < -0.39 is 0 Å². The Bertz CT molecular complexity index is 1050. The van der Waals surface area contributed by atoms with Gasteiger partial charge in [-0.3, -0.25) is 14.7 Å². The van der Waals surface area contributed by atoms with E-state index in [0.717, 1.165) is 21.7 Å². The van der Waals surface area contributed by atoms with Crippen molar-refractivity contribution in [1.29, 1.82) is 0 Å². The van der Waals surface area contributed by atoms with Gasteiger partial charge in [0, 0.05) is 6.20 Å². The van der Waals surface area contributed by atoms with E-state index >= 15 is 0 Å². The number of hydrogen-bond donors (Lipinski definition) is 0. The van der Waals surface area contributed by atoms with Crippen LogP contribution >= 0.6 is 22.7 Å². The average molecular weight is 396 g/mol. The summed E-state index contributed by atoms with van der Waals surface area (Å²) in [7, 11) is 0. The van der Waals surface area contributed by atoms with Crippen LogP contribution in [0.5, 0.6) is 5.75 Å². The Hall–Kier alpha value is -2.77. The fourth-order valence-electron chi connectivity index (χ4n) is 2.68. The lowest BCUT2D eigenvalue weighted by Gasteiger charge is -2.18. The highest BCUT2D eigenvalue weighted by Crippen LogP contribution is 2.33. The largest absolute Gasteiger partial charge is 0.494 e. The first kappa shape index (κ1) is 17.6. The summed E-state index contributed by atoms with van der Waals surface area (Å²) in [6.45, 7) is 2.94. The molecule has 0 fully saturated rings. The number of hydrogen-bond acceptors (Lipinski definition) is 6. The number of carbonyl (C=O) groups excluding carboxylic acids is 1. The third-order valence-corrected chi connectivity index (χ3v) is 5.81. The molecule has 0 atom stereocenters. The van der Waals surface area contributed by atoms with Gasteiger partial charge in [0.25, 0.3) is 5.91 Å². The Morgan fingerprint density at radius 3 is 2.85 bits per heavy atom. The molecule has 0 saturated carbocycles. The van der Waals surface area contributed by atoms with Gasteiger partial charge in [0.1, 0.15) is 5.75 Å². The predicted octanol–water partition coefficient (Wildman–Crippen LogP) is 5.00. The van der Waals surface area contributed by atoms with E-state index in [1.807, 2.05) is 60.8 Å². The van der Waals surface area contributed by atoms with Gasteiger partial charge in [-0.2, -0.15) is 0 Å². The van der Waals surface area contributed by atoms with E-state index in [1.54, 1.807) is 11.1 Å². The Morgan fingerprint density at radius 1 is 1.19 bits per heavy atom. The van der Waals surface area contributed by atoms with E-state index in [1.165, 1.54) is 22.7 Å². The van der Waals surface area contributed by atoms with Crippen LogP contribution in [0.4, 0.5) is 5.13 Å². The van der Waals surface area contributed by atoms with Crippen molar-refractivity contribution in [2.75, 3.05) is 11.5 Å². The molecule has 0 bridgehead atoms. The van der Waals surface area contributed by atoms with Crippen molar-refractivity contribution in [3.63, 3.8) is 0 Å². The minimum atomic E-state index is -0.0697. The number of benzene rings is 1. The summed E-state index contributed by atoms with van der Waals surface area (Å²) in [5, 5.41) is 2.56. The Balaban J connectivity index is 1.73. The highest BCUT2D eigenvalue weighted by Gasteiger charge is 2.23. The second-order valence-corrected chi connectivity index (χ2v) is 7.71. The second kappa shape index (κ2) is 7.85. The lowest BCUT2D eigenvalue weighted by molar-refractivity contribution is 0.0988. The lowest BCUT2D eigenvalue weighted by atomic mass is 10.3. The van der Waals surface area contributed by atoms with Gasteiger partial charge in [0.05, 0.1) is 33.9 Å². The van der Waals surface area contributed by atoms with E-state index in [0.29, 0.717) is 23.2 Å². The molecule has 1 amide bonds. The first-order chi connectivity index (χ1) is 13.2. The fraction of sp³-hybridized carbons (Fsp3) is 0.150. The molecule has 0 aliphatic rings. The summed E-state index contributed by atoms with van der Waals surface area (Å²) in [5.41, 5.74) is 1.67.